The first-order valence-electron chi connectivity index (χ1n) is 7.98. The molecule has 0 bridgehead atoms. The molecule has 0 heterocycles. The molecule has 0 spiro atoms. The molecule has 0 aliphatic rings. The van der Waals surface area contributed by atoms with Crippen LogP contribution in [0, 0.1) is 13.8 Å². The molecule has 122 valence electrons. The van der Waals surface area contributed by atoms with Gasteiger partial charge in [0, 0.05) is 11.4 Å². The summed E-state index contributed by atoms with van der Waals surface area (Å²) in [4.78, 5) is 12.2. The lowest BCUT2D eigenvalue weighted by Gasteiger charge is -2.23. The van der Waals surface area contributed by atoms with Gasteiger partial charge in [-0.15, -0.1) is 0 Å². The van der Waals surface area contributed by atoms with E-state index in [1.807, 2.05) is 24.3 Å². The fourth-order valence-electron chi connectivity index (χ4n) is 2.47. The molecule has 0 radical (unpaired) electrons. The van der Waals surface area contributed by atoms with E-state index in [0.29, 0.717) is 0 Å². The van der Waals surface area contributed by atoms with Crippen molar-refractivity contribution in [3.05, 3.63) is 59.2 Å². The molecule has 0 unspecified atom stereocenters. The van der Waals surface area contributed by atoms with E-state index in [2.05, 4.69) is 63.5 Å². The molecule has 0 saturated heterocycles. The van der Waals surface area contributed by atoms with Crippen LogP contribution in [0.3, 0.4) is 0 Å². The Morgan fingerprint density at radius 1 is 1.00 bits per heavy atom. The summed E-state index contributed by atoms with van der Waals surface area (Å²) < 4.78 is 0. The number of benzene rings is 2. The number of para-hydroxylation sites is 1. The molecule has 2 N–H and O–H groups in total. The Morgan fingerprint density at radius 3 is 2.35 bits per heavy atom. The second-order valence-corrected chi connectivity index (χ2v) is 7.00. The van der Waals surface area contributed by atoms with Crippen molar-refractivity contribution in [2.75, 3.05) is 17.2 Å². The fraction of sp³-hybridized carbons (Fsp3) is 0.350. The molecule has 23 heavy (non-hydrogen) atoms. The smallest absolute Gasteiger partial charge is 0.243 e. The van der Waals surface area contributed by atoms with E-state index in [-0.39, 0.29) is 17.9 Å². The Morgan fingerprint density at radius 2 is 1.70 bits per heavy atom. The van der Waals surface area contributed by atoms with Crippen molar-refractivity contribution in [3.63, 3.8) is 0 Å². The van der Waals surface area contributed by atoms with Crippen molar-refractivity contribution in [2.45, 2.75) is 40.0 Å². The quantitative estimate of drug-likeness (QED) is 0.863. The van der Waals surface area contributed by atoms with Crippen molar-refractivity contribution in [1.82, 2.24) is 0 Å². The highest BCUT2D eigenvalue weighted by Gasteiger charge is 2.18. The number of carbonyl (C=O) groups is 1. The Kier molecular flexibility index (Phi) is 5.09. The lowest BCUT2D eigenvalue weighted by molar-refractivity contribution is -0.114. The molecule has 2 aromatic rings. The minimum Gasteiger partial charge on any atom is -0.376 e. The lowest BCUT2D eigenvalue weighted by Crippen LogP contribution is -2.24. The standard InChI is InChI=1S/C20H26N2O/c1-14-10-11-16(12-15(14)2)21-13-19(23)22-18-9-7-6-8-17(18)20(3,4)5/h6-12,21H,13H2,1-5H3,(H,22,23). The highest BCUT2D eigenvalue weighted by Crippen LogP contribution is 2.29. The number of aryl methyl sites for hydroxylation is 2. The highest BCUT2D eigenvalue weighted by molar-refractivity contribution is 5.94. The Bertz CT molecular complexity index is 699. The van der Waals surface area contributed by atoms with Gasteiger partial charge in [0.1, 0.15) is 0 Å². The maximum absolute atomic E-state index is 12.2. The Balaban J connectivity index is 2.02. The minimum atomic E-state index is -0.0417. The van der Waals surface area contributed by atoms with Gasteiger partial charge in [0.15, 0.2) is 0 Å². The summed E-state index contributed by atoms with van der Waals surface area (Å²) in [7, 11) is 0. The van der Waals surface area contributed by atoms with Gasteiger partial charge >= 0.3 is 0 Å². The third kappa shape index (κ3) is 4.59. The van der Waals surface area contributed by atoms with Gasteiger partial charge in [-0.05, 0) is 54.2 Å². The van der Waals surface area contributed by atoms with Crippen molar-refractivity contribution < 1.29 is 4.79 Å². The third-order valence-electron chi connectivity index (χ3n) is 3.97. The van der Waals surface area contributed by atoms with E-state index in [0.717, 1.165) is 16.9 Å². The average molecular weight is 310 g/mol. The van der Waals surface area contributed by atoms with Crippen LogP contribution in [0.15, 0.2) is 42.5 Å². The zero-order valence-corrected chi connectivity index (χ0v) is 14.7. The van der Waals surface area contributed by atoms with Gasteiger partial charge < -0.3 is 10.6 Å². The van der Waals surface area contributed by atoms with Crippen LogP contribution < -0.4 is 10.6 Å². The number of rotatable bonds is 4. The summed E-state index contributed by atoms with van der Waals surface area (Å²) in [5.41, 5.74) is 5.44. The van der Waals surface area contributed by atoms with E-state index in [1.54, 1.807) is 0 Å². The summed E-state index contributed by atoms with van der Waals surface area (Å²) in [5.74, 6) is -0.0417. The molecule has 3 heteroatoms. The summed E-state index contributed by atoms with van der Waals surface area (Å²) in [6, 6.07) is 14.1. The van der Waals surface area contributed by atoms with Gasteiger partial charge in [0.2, 0.25) is 5.91 Å². The van der Waals surface area contributed by atoms with E-state index in [4.69, 9.17) is 0 Å². The largest absolute Gasteiger partial charge is 0.376 e. The van der Waals surface area contributed by atoms with Crippen molar-refractivity contribution >= 4 is 17.3 Å². The molecule has 0 fully saturated rings. The van der Waals surface area contributed by atoms with Gasteiger partial charge in [-0.25, -0.2) is 0 Å². The zero-order valence-electron chi connectivity index (χ0n) is 14.7. The molecule has 2 aromatic carbocycles. The second kappa shape index (κ2) is 6.86. The van der Waals surface area contributed by atoms with E-state index >= 15 is 0 Å². The van der Waals surface area contributed by atoms with Gasteiger partial charge in [-0.3, -0.25) is 4.79 Å². The van der Waals surface area contributed by atoms with Crippen LogP contribution in [0.2, 0.25) is 0 Å². The first kappa shape index (κ1) is 17.1. The number of nitrogens with one attached hydrogen (secondary N) is 2. The fourth-order valence-corrected chi connectivity index (χ4v) is 2.47. The van der Waals surface area contributed by atoms with E-state index in [1.165, 1.54) is 11.1 Å². The molecule has 0 saturated carbocycles. The van der Waals surface area contributed by atoms with Crippen LogP contribution >= 0.6 is 0 Å². The maximum atomic E-state index is 12.2. The van der Waals surface area contributed by atoms with Gasteiger partial charge in [0.25, 0.3) is 0 Å². The predicted octanol–water partition coefficient (Wildman–Crippen LogP) is 4.65. The maximum Gasteiger partial charge on any atom is 0.243 e. The van der Waals surface area contributed by atoms with Gasteiger partial charge in [-0.1, -0.05) is 45.0 Å². The number of hydrogen-bond donors (Lipinski definition) is 2. The third-order valence-corrected chi connectivity index (χ3v) is 3.97. The van der Waals surface area contributed by atoms with Crippen LogP contribution in [0.1, 0.15) is 37.5 Å². The molecular formula is C20H26N2O. The first-order chi connectivity index (χ1) is 10.8. The van der Waals surface area contributed by atoms with Crippen LogP contribution in [-0.2, 0) is 10.2 Å². The second-order valence-electron chi connectivity index (χ2n) is 7.00. The minimum absolute atomic E-state index is 0.00856. The van der Waals surface area contributed by atoms with Gasteiger partial charge in [-0.2, -0.15) is 0 Å². The van der Waals surface area contributed by atoms with Crippen LogP contribution in [0.5, 0.6) is 0 Å². The molecule has 0 atom stereocenters. The normalized spacial score (nSPS) is 11.2. The van der Waals surface area contributed by atoms with E-state index in [9.17, 15) is 4.79 Å². The SMILES string of the molecule is Cc1ccc(NCC(=O)Nc2ccccc2C(C)(C)C)cc1C. The van der Waals surface area contributed by atoms with Crippen LogP contribution in [0.25, 0.3) is 0 Å². The Hall–Kier alpha value is -2.29. The number of amides is 1. The topological polar surface area (TPSA) is 41.1 Å². The number of anilines is 2. The molecular weight excluding hydrogens is 284 g/mol. The zero-order chi connectivity index (χ0) is 17.0. The Labute approximate surface area is 139 Å². The lowest BCUT2D eigenvalue weighted by atomic mass is 9.86. The average Bonchev–Trinajstić information content (AvgIpc) is 2.48. The molecule has 3 nitrogen and oxygen atoms in total. The summed E-state index contributed by atoms with van der Waals surface area (Å²) in [6.07, 6.45) is 0. The van der Waals surface area contributed by atoms with Crippen molar-refractivity contribution in [1.29, 1.82) is 0 Å². The van der Waals surface area contributed by atoms with Gasteiger partial charge in [0.05, 0.1) is 6.54 Å². The molecule has 1 amide bonds. The van der Waals surface area contributed by atoms with Crippen LogP contribution in [-0.4, -0.2) is 12.5 Å². The molecule has 0 aliphatic carbocycles. The highest BCUT2D eigenvalue weighted by atomic mass is 16.1. The van der Waals surface area contributed by atoms with E-state index < -0.39 is 0 Å². The summed E-state index contributed by atoms with van der Waals surface area (Å²) in [6.45, 7) is 10.8. The molecule has 0 aliphatic heterocycles. The molecule has 0 aromatic heterocycles. The van der Waals surface area contributed by atoms with Crippen LogP contribution in [0.4, 0.5) is 11.4 Å². The first-order valence-corrected chi connectivity index (χ1v) is 7.98. The molecule has 2 rings (SSSR count). The summed E-state index contributed by atoms with van der Waals surface area (Å²) in [5, 5.41) is 6.19. The summed E-state index contributed by atoms with van der Waals surface area (Å²) >= 11 is 0. The predicted molar refractivity (Wildman–Crippen MR) is 98.2 cm³/mol. The monoisotopic (exact) mass is 310 g/mol. The van der Waals surface area contributed by atoms with Crippen molar-refractivity contribution in [2.24, 2.45) is 0 Å². The van der Waals surface area contributed by atoms with Crippen molar-refractivity contribution in [3.8, 4) is 0 Å². The number of hydrogen-bond acceptors (Lipinski definition) is 2. The number of carbonyl (C=O) groups excluding carboxylic acids is 1.